The number of hydrogen-bond acceptors (Lipinski definition) is 4. The van der Waals surface area contributed by atoms with Crippen LogP contribution in [0.3, 0.4) is 0 Å². The highest BCUT2D eigenvalue weighted by Crippen LogP contribution is 2.28. The summed E-state index contributed by atoms with van der Waals surface area (Å²) in [4.78, 5) is 27.1. The van der Waals surface area contributed by atoms with Crippen LogP contribution < -0.4 is 20.7 Å². The van der Waals surface area contributed by atoms with E-state index in [1.54, 1.807) is 17.0 Å². The fraction of sp³-hybridized carbons (Fsp3) is 0.579. The van der Waals surface area contributed by atoms with Gasteiger partial charge in [-0.25, -0.2) is 0 Å². The molecule has 1 aliphatic rings. The zero-order valence-corrected chi connectivity index (χ0v) is 16.9. The molecule has 0 spiro atoms. The van der Waals surface area contributed by atoms with Crippen molar-refractivity contribution in [1.82, 2.24) is 5.32 Å². The van der Waals surface area contributed by atoms with E-state index in [9.17, 15) is 18.4 Å². The van der Waals surface area contributed by atoms with Crippen molar-refractivity contribution >= 4 is 29.9 Å². The topological polar surface area (TPSA) is 84.7 Å². The van der Waals surface area contributed by atoms with Gasteiger partial charge in [-0.2, -0.15) is 8.78 Å². The number of carbonyl (C=O) groups excluding carboxylic acids is 2. The molecule has 1 fully saturated rings. The summed E-state index contributed by atoms with van der Waals surface area (Å²) in [5, 5.41) is 2.87. The molecular weight excluding hydrogens is 392 g/mol. The molecule has 0 radical (unpaired) electrons. The minimum absolute atomic E-state index is 0. The molecule has 0 saturated carbocycles. The van der Waals surface area contributed by atoms with Gasteiger partial charge in [-0.05, 0) is 49.9 Å². The lowest BCUT2D eigenvalue weighted by Gasteiger charge is -2.36. The SMILES string of the molecule is CCC(CC)(CN)C(=O)NC1CCCN(c2ccc(OC(F)F)cc2)C1=O.Cl. The average molecular weight is 420 g/mol. The van der Waals surface area contributed by atoms with E-state index in [1.807, 2.05) is 13.8 Å². The molecule has 3 N–H and O–H groups in total. The summed E-state index contributed by atoms with van der Waals surface area (Å²) in [7, 11) is 0. The van der Waals surface area contributed by atoms with Crippen LogP contribution in [-0.2, 0) is 9.59 Å². The van der Waals surface area contributed by atoms with Crippen molar-refractivity contribution in [1.29, 1.82) is 0 Å². The highest BCUT2D eigenvalue weighted by atomic mass is 35.5. The number of ether oxygens (including phenoxy) is 1. The number of halogens is 3. The molecule has 28 heavy (non-hydrogen) atoms. The number of nitrogens with zero attached hydrogens (tertiary/aromatic N) is 1. The number of rotatable bonds is 8. The number of hydrogen-bond donors (Lipinski definition) is 2. The Balaban J connectivity index is 0.00000392. The lowest BCUT2D eigenvalue weighted by Crippen LogP contribution is -2.56. The molecule has 1 atom stereocenters. The van der Waals surface area contributed by atoms with Crippen molar-refractivity contribution in [3.05, 3.63) is 24.3 Å². The molecule has 2 rings (SSSR count). The summed E-state index contributed by atoms with van der Waals surface area (Å²) in [5.41, 5.74) is 5.73. The normalized spacial score (nSPS) is 17.3. The van der Waals surface area contributed by atoms with Gasteiger partial charge in [-0.15, -0.1) is 12.4 Å². The summed E-state index contributed by atoms with van der Waals surface area (Å²) >= 11 is 0. The van der Waals surface area contributed by atoms with Crippen LogP contribution >= 0.6 is 12.4 Å². The Bertz CT molecular complexity index is 646. The van der Waals surface area contributed by atoms with E-state index in [0.29, 0.717) is 31.5 Å². The van der Waals surface area contributed by atoms with Gasteiger partial charge in [0.25, 0.3) is 0 Å². The van der Waals surface area contributed by atoms with Crippen LogP contribution in [0, 0.1) is 5.41 Å². The Kier molecular flexibility index (Phi) is 9.10. The molecule has 1 heterocycles. The first-order chi connectivity index (χ1) is 12.9. The van der Waals surface area contributed by atoms with E-state index in [0.717, 1.165) is 6.42 Å². The number of nitrogens with one attached hydrogen (secondary N) is 1. The van der Waals surface area contributed by atoms with Crippen LogP contribution in [-0.4, -0.2) is 37.6 Å². The highest BCUT2D eigenvalue weighted by molar-refractivity contribution is 6.00. The van der Waals surface area contributed by atoms with E-state index in [-0.39, 0.29) is 36.5 Å². The van der Waals surface area contributed by atoms with Crippen molar-refractivity contribution in [3.8, 4) is 5.75 Å². The van der Waals surface area contributed by atoms with E-state index >= 15 is 0 Å². The lowest BCUT2D eigenvalue weighted by atomic mass is 9.81. The Hall–Kier alpha value is -1.93. The van der Waals surface area contributed by atoms with Gasteiger partial charge >= 0.3 is 6.61 Å². The number of piperidine rings is 1. The minimum Gasteiger partial charge on any atom is -0.435 e. The standard InChI is InChI=1S/C19H27F2N3O3.ClH/c1-3-19(4-2,12-22)17(26)23-15-6-5-11-24(16(15)25)13-7-9-14(10-8-13)27-18(20)21;/h7-10,15,18H,3-6,11-12,22H2,1-2H3,(H,23,26);1H. The van der Waals surface area contributed by atoms with Gasteiger partial charge in [0.05, 0.1) is 5.41 Å². The second kappa shape index (κ2) is 10.6. The van der Waals surface area contributed by atoms with Crippen molar-refractivity contribution in [3.63, 3.8) is 0 Å². The molecule has 1 aliphatic heterocycles. The molecule has 9 heteroatoms. The largest absolute Gasteiger partial charge is 0.435 e. The maximum absolute atomic E-state index is 12.8. The molecule has 0 aromatic heterocycles. The third-order valence-electron chi connectivity index (χ3n) is 5.34. The van der Waals surface area contributed by atoms with Crippen LogP contribution in [0.4, 0.5) is 14.5 Å². The lowest BCUT2D eigenvalue weighted by molar-refractivity contribution is -0.135. The van der Waals surface area contributed by atoms with Crippen molar-refractivity contribution < 1.29 is 23.1 Å². The predicted molar refractivity (Wildman–Crippen MR) is 106 cm³/mol. The Morgan fingerprint density at radius 3 is 2.43 bits per heavy atom. The van der Waals surface area contributed by atoms with E-state index < -0.39 is 18.1 Å². The van der Waals surface area contributed by atoms with E-state index in [1.165, 1.54) is 12.1 Å². The monoisotopic (exact) mass is 419 g/mol. The molecule has 0 aliphatic carbocycles. The molecule has 1 aromatic carbocycles. The van der Waals surface area contributed by atoms with Gasteiger partial charge in [-0.1, -0.05) is 13.8 Å². The fourth-order valence-corrected chi connectivity index (χ4v) is 3.34. The summed E-state index contributed by atoms with van der Waals surface area (Å²) < 4.78 is 28.8. The van der Waals surface area contributed by atoms with Crippen molar-refractivity contribution in [2.24, 2.45) is 11.1 Å². The molecule has 0 bridgehead atoms. The Morgan fingerprint density at radius 1 is 1.32 bits per heavy atom. The first-order valence-corrected chi connectivity index (χ1v) is 9.24. The summed E-state index contributed by atoms with van der Waals surface area (Å²) in [6, 6.07) is 5.28. The van der Waals surface area contributed by atoms with Gasteiger partial charge in [0.15, 0.2) is 0 Å². The number of benzene rings is 1. The van der Waals surface area contributed by atoms with Crippen LogP contribution in [0.1, 0.15) is 39.5 Å². The van der Waals surface area contributed by atoms with Crippen LogP contribution in [0.15, 0.2) is 24.3 Å². The number of carbonyl (C=O) groups is 2. The Morgan fingerprint density at radius 2 is 1.93 bits per heavy atom. The third kappa shape index (κ3) is 5.32. The molecule has 158 valence electrons. The van der Waals surface area contributed by atoms with Gasteiger partial charge in [0.1, 0.15) is 11.8 Å². The maximum Gasteiger partial charge on any atom is 0.387 e. The number of nitrogens with two attached hydrogens (primary N) is 1. The summed E-state index contributed by atoms with van der Waals surface area (Å²) in [6.45, 7) is 1.65. The summed E-state index contributed by atoms with van der Waals surface area (Å²) in [6.07, 6.45) is 2.48. The molecule has 1 saturated heterocycles. The van der Waals surface area contributed by atoms with Crippen LogP contribution in [0.25, 0.3) is 0 Å². The molecular formula is C19H28ClF2N3O3. The highest BCUT2D eigenvalue weighted by Gasteiger charge is 2.38. The second-order valence-corrected chi connectivity index (χ2v) is 6.72. The number of alkyl halides is 2. The molecule has 6 nitrogen and oxygen atoms in total. The van der Waals surface area contributed by atoms with Gasteiger partial charge < -0.3 is 20.7 Å². The smallest absolute Gasteiger partial charge is 0.387 e. The number of amides is 2. The summed E-state index contributed by atoms with van der Waals surface area (Å²) in [5.74, 6) is -0.382. The first-order valence-electron chi connectivity index (χ1n) is 9.24. The van der Waals surface area contributed by atoms with Gasteiger partial charge in [0.2, 0.25) is 11.8 Å². The van der Waals surface area contributed by atoms with E-state index in [4.69, 9.17) is 5.73 Å². The molecule has 1 aromatic rings. The zero-order chi connectivity index (χ0) is 20.0. The third-order valence-corrected chi connectivity index (χ3v) is 5.34. The van der Waals surface area contributed by atoms with E-state index in [2.05, 4.69) is 10.1 Å². The second-order valence-electron chi connectivity index (χ2n) is 6.72. The first kappa shape index (κ1) is 24.1. The minimum atomic E-state index is -2.90. The zero-order valence-electron chi connectivity index (χ0n) is 16.1. The van der Waals surface area contributed by atoms with Crippen LogP contribution in [0.5, 0.6) is 5.75 Å². The van der Waals surface area contributed by atoms with Crippen LogP contribution in [0.2, 0.25) is 0 Å². The quantitative estimate of drug-likeness (QED) is 0.678. The van der Waals surface area contributed by atoms with Gasteiger partial charge in [0, 0.05) is 18.8 Å². The van der Waals surface area contributed by atoms with Gasteiger partial charge in [-0.3, -0.25) is 9.59 Å². The Labute approximate surface area is 170 Å². The van der Waals surface area contributed by atoms with Crippen molar-refractivity contribution in [2.45, 2.75) is 52.2 Å². The molecule has 2 amide bonds. The maximum atomic E-state index is 12.8. The predicted octanol–water partition coefficient (Wildman–Crippen LogP) is 3.09. The number of anilines is 1. The average Bonchev–Trinajstić information content (AvgIpc) is 2.66. The van der Waals surface area contributed by atoms with Crippen molar-refractivity contribution in [2.75, 3.05) is 18.0 Å². The fourth-order valence-electron chi connectivity index (χ4n) is 3.34. The molecule has 1 unspecified atom stereocenters.